The van der Waals surface area contributed by atoms with Gasteiger partial charge in [0.1, 0.15) is 5.82 Å². The molecule has 0 saturated heterocycles. The Labute approximate surface area is 183 Å². The molecule has 0 amide bonds. The minimum Gasteiger partial charge on any atom is -0.343 e. The summed E-state index contributed by atoms with van der Waals surface area (Å²) in [5.74, 6) is 0.683. The van der Waals surface area contributed by atoms with E-state index in [9.17, 15) is 4.79 Å². The predicted octanol–water partition coefficient (Wildman–Crippen LogP) is 5.52. The summed E-state index contributed by atoms with van der Waals surface area (Å²) in [6.07, 6.45) is 8.33. The molecule has 0 saturated carbocycles. The molecule has 0 aliphatic rings. The lowest BCUT2D eigenvalue weighted by Crippen LogP contribution is -2.22. The van der Waals surface area contributed by atoms with Gasteiger partial charge in [-0.1, -0.05) is 53.5 Å². The third-order valence-electron chi connectivity index (χ3n) is 5.09. The first-order valence-corrected chi connectivity index (χ1v) is 10.9. The maximum atomic E-state index is 13.2. The van der Waals surface area contributed by atoms with Crippen LogP contribution >= 0.6 is 15.9 Å². The van der Waals surface area contributed by atoms with Gasteiger partial charge in [-0.15, -0.1) is 6.58 Å². The molecule has 6 heteroatoms. The number of allylic oxidation sites excluding steroid dienone is 1. The number of nitrogens with zero attached hydrogens (tertiary/aromatic N) is 4. The number of rotatable bonds is 7. The van der Waals surface area contributed by atoms with Crippen LogP contribution in [0.3, 0.4) is 0 Å². The van der Waals surface area contributed by atoms with Gasteiger partial charge in [0.2, 0.25) is 0 Å². The first-order valence-electron chi connectivity index (χ1n) is 10.1. The van der Waals surface area contributed by atoms with Gasteiger partial charge in [0, 0.05) is 40.1 Å². The smallest absolute Gasteiger partial charge is 0.282 e. The maximum Gasteiger partial charge on any atom is 0.282 e. The molecule has 0 fully saturated rings. The fraction of sp³-hybridized carbons (Fsp3) is 0.208. The van der Waals surface area contributed by atoms with E-state index in [1.165, 1.54) is 4.68 Å². The zero-order chi connectivity index (χ0) is 21.1. The van der Waals surface area contributed by atoms with E-state index in [-0.39, 0.29) is 5.56 Å². The van der Waals surface area contributed by atoms with Crippen molar-refractivity contribution in [2.75, 3.05) is 0 Å². The van der Waals surface area contributed by atoms with Crippen molar-refractivity contribution in [2.45, 2.75) is 32.7 Å². The van der Waals surface area contributed by atoms with Crippen LogP contribution in [0.5, 0.6) is 0 Å². The molecule has 0 bridgehead atoms. The fourth-order valence-electron chi connectivity index (χ4n) is 3.60. The number of fused-ring (bicyclic) bond motifs is 2. The quantitative estimate of drug-likeness (QED) is 0.268. The third kappa shape index (κ3) is 3.87. The van der Waals surface area contributed by atoms with Crippen molar-refractivity contribution in [1.82, 2.24) is 14.2 Å². The van der Waals surface area contributed by atoms with Crippen molar-refractivity contribution in [3.8, 4) is 0 Å². The van der Waals surface area contributed by atoms with E-state index < -0.39 is 0 Å². The van der Waals surface area contributed by atoms with E-state index in [0.717, 1.165) is 33.8 Å². The summed E-state index contributed by atoms with van der Waals surface area (Å²) in [6.45, 7) is 6.67. The molecule has 4 rings (SSSR count). The number of aromatic nitrogens is 3. The average Bonchev–Trinajstić information content (AvgIpc) is 3.10. The van der Waals surface area contributed by atoms with Gasteiger partial charge in [0.15, 0.2) is 0 Å². The lowest BCUT2D eigenvalue weighted by molar-refractivity contribution is 0.675. The summed E-state index contributed by atoms with van der Waals surface area (Å²) in [4.78, 5) is 18.0. The van der Waals surface area contributed by atoms with Gasteiger partial charge >= 0.3 is 0 Å². The topological polar surface area (TPSA) is 52.2 Å². The minimum absolute atomic E-state index is 0.154. The van der Waals surface area contributed by atoms with Crippen LogP contribution in [0.25, 0.3) is 21.8 Å². The Bertz CT molecular complexity index is 1320. The van der Waals surface area contributed by atoms with Crippen molar-refractivity contribution in [3.63, 3.8) is 0 Å². The van der Waals surface area contributed by atoms with E-state index in [1.807, 2.05) is 36.5 Å². The van der Waals surface area contributed by atoms with Gasteiger partial charge in [-0.2, -0.15) is 9.78 Å². The molecular formula is C24H23BrN4O. The van der Waals surface area contributed by atoms with Crippen LogP contribution in [0.2, 0.25) is 0 Å². The first-order chi connectivity index (χ1) is 14.6. The van der Waals surface area contributed by atoms with Gasteiger partial charge in [-0.3, -0.25) is 4.79 Å². The SMILES string of the molecule is C=CCn1cc(C=Nn2c(CCCC)nc3ccc(Br)cc3c2=O)c2ccccc21. The second-order valence-corrected chi connectivity index (χ2v) is 8.11. The van der Waals surface area contributed by atoms with Crippen molar-refractivity contribution in [1.29, 1.82) is 0 Å². The average molecular weight is 463 g/mol. The molecule has 0 unspecified atom stereocenters. The van der Waals surface area contributed by atoms with E-state index in [1.54, 1.807) is 12.3 Å². The van der Waals surface area contributed by atoms with Crippen LogP contribution in [0.15, 0.2) is 75.7 Å². The van der Waals surface area contributed by atoms with Crippen molar-refractivity contribution < 1.29 is 0 Å². The highest BCUT2D eigenvalue weighted by molar-refractivity contribution is 9.10. The van der Waals surface area contributed by atoms with Gasteiger partial charge in [0.25, 0.3) is 5.56 Å². The van der Waals surface area contributed by atoms with Gasteiger partial charge in [0.05, 0.1) is 17.1 Å². The predicted molar refractivity (Wildman–Crippen MR) is 127 cm³/mol. The van der Waals surface area contributed by atoms with Crippen LogP contribution in [-0.4, -0.2) is 20.4 Å². The van der Waals surface area contributed by atoms with Crippen molar-refractivity contribution in [3.05, 3.63) is 87.5 Å². The summed E-state index contributed by atoms with van der Waals surface area (Å²) >= 11 is 3.45. The normalized spacial score (nSPS) is 11.7. The van der Waals surface area contributed by atoms with Crippen LogP contribution in [-0.2, 0) is 13.0 Å². The minimum atomic E-state index is -0.154. The Balaban J connectivity index is 1.86. The van der Waals surface area contributed by atoms with Gasteiger partial charge in [-0.25, -0.2) is 4.98 Å². The lowest BCUT2D eigenvalue weighted by Gasteiger charge is -2.09. The molecule has 2 heterocycles. The number of hydrogen-bond acceptors (Lipinski definition) is 3. The zero-order valence-corrected chi connectivity index (χ0v) is 18.5. The molecule has 2 aromatic carbocycles. The molecule has 0 radical (unpaired) electrons. The summed E-state index contributed by atoms with van der Waals surface area (Å²) in [7, 11) is 0. The molecule has 0 aliphatic carbocycles. The molecule has 152 valence electrons. The molecular weight excluding hydrogens is 440 g/mol. The molecule has 30 heavy (non-hydrogen) atoms. The van der Waals surface area contributed by atoms with Crippen molar-refractivity contribution >= 4 is 44.0 Å². The molecule has 4 aromatic rings. The number of halogens is 1. The fourth-order valence-corrected chi connectivity index (χ4v) is 3.96. The van der Waals surface area contributed by atoms with Crippen molar-refractivity contribution in [2.24, 2.45) is 5.10 Å². The summed E-state index contributed by atoms with van der Waals surface area (Å²) in [5.41, 5.74) is 2.61. The van der Waals surface area contributed by atoms with E-state index in [2.05, 4.69) is 51.2 Å². The van der Waals surface area contributed by atoms with Crippen LogP contribution in [0, 0.1) is 0 Å². The largest absolute Gasteiger partial charge is 0.343 e. The zero-order valence-electron chi connectivity index (χ0n) is 16.9. The van der Waals surface area contributed by atoms with E-state index in [0.29, 0.717) is 29.7 Å². The number of benzene rings is 2. The van der Waals surface area contributed by atoms with Crippen LogP contribution < -0.4 is 5.56 Å². The molecule has 0 spiro atoms. The molecule has 0 N–H and O–H groups in total. The van der Waals surface area contributed by atoms with Gasteiger partial charge in [-0.05, 0) is 30.7 Å². The standard InChI is InChI=1S/C24H23BrN4O/c1-3-5-10-23-27-21-12-11-18(25)14-20(21)24(30)29(23)26-15-17-16-28(13-4-2)22-9-7-6-8-19(17)22/h4,6-9,11-12,14-16H,2-3,5,10,13H2,1H3. The monoisotopic (exact) mass is 462 g/mol. The molecule has 2 aromatic heterocycles. The number of unbranched alkanes of at least 4 members (excludes halogenated alkanes) is 1. The van der Waals surface area contributed by atoms with Crippen LogP contribution in [0.1, 0.15) is 31.2 Å². The number of aryl methyl sites for hydroxylation is 1. The molecule has 0 aliphatic heterocycles. The summed E-state index contributed by atoms with van der Waals surface area (Å²) in [5, 5.41) is 6.23. The summed E-state index contributed by atoms with van der Waals surface area (Å²) in [6, 6.07) is 13.7. The second-order valence-electron chi connectivity index (χ2n) is 7.20. The third-order valence-corrected chi connectivity index (χ3v) is 5.58. The van der Waals surface area contributed by atoms with Gasteiger partial charge < -0.3 is 4.57 Å². The number of hydrogen-bond donors (Lipinski definition) is 0. The highest BCUT2D eigenvalue weighted by atomic mass is 79.9. The van der Waals surface area contributed by atoms with E-state index >= 15 is 0 Å². The first kappa shape index (κ1) is 20.3. The Hall–Kier alpha value is -2.99. The Morgan fingerprint density at radius 3 is 2.83 bits per heavy atom. The summed E-state index contributed by atoms with van der Waals surface area (Å²) < 4.78 is 4.42. The second kappa shape index (κ2) is 8.79. The molecule has 5 nitrogen and oxygen atoms in total. The lowest BCUT2D eigenvalue weighted by atomic mass is 10.2. The number of para-hydroxylation sites is 1. The highest BCUT2D eigenvalue weighted by Gasteiger charge is 2.11. The molecule has 0 atom stereocenters. The highest BCUT2D eigenvalue weighted by Crippen LogP contribution is 2.21. The Kier molecular flexibility index (Phi) is 5.95. The van der Waals surface area contributed by atoms with E-state index in [4.69, 9.17) is 4.98 Å². The maximum absolute atomic E-state index is 13.2. The Morgan fingerprint density at radius 1 is 1.20 bits per heavy atom. The Morgan fingerprint density at radius 2 is 2.03 bits per heavy atom. The van der Waals surface area contributed by atoms with Crippen LogP contribution in [0.4, 0.5) is 0 Å².